The first-order valence-electron chi connectivity index (χ1n) is 5.90. The van der Waals surface area contributed by atoms with Gasteiger partial charge in [0.25, 0.3) is 0 Å². The third-order valence-corrected chi connectivity index (χ3v) is 3.23. The Kier molecular flexibility index (Phi) is 2.59. The highest BCUT2D eigenvalue weighted by atomic mass is 16.5. The van der Waals surface area contributed by atoms with E-state index in [9.17, 15) is 30.3 Å². The molecule has 21 heavy (non-hydrogen) atoms. The van der Waals surface area contributed by atoms with Crippen molar-refractivity contribution in [1.29, 1.82) is 0 Å². The van der Waals surface area contributed by atoms with Crippen LogP contribution in [0.4, 0.5) is 0 Å². The lowest BCUT2D eigenvalue weighted by molar-refractivity contribution is 0.0851. The fourth-order valence-corrected chi connectivity index (χ4v) is 2.24. The Labute approximate surface area is 117 Å². The Morgan fingerprint density at radius 2 is 1.62 bits per heavy atom. The maximum Gasteiger partial charge on any atom is 0.215 e. The Bertz CT molecular complexity index is 766. The van der Waals surface area contributed by atoms with Crippen molar-refractivity contribution >= 4 is 5.78 Å². The van der Waals surface area contributed by atoms with Crippen LogP contribution in [0.1, 0.15) is 22.0 Å². The molecule has 1 heterocycles. The van der Waals surface area contributed by atoms with Crippen LogP contribution >= 0.6 is 0 Å². The van der Waals surface area contributed by atoms with E-state index < -0.39 is 29.1 Å². The first kappa shape index (κ1) is 12.9. The molecule has 0 radical (unpaired) electrons. The highest BCUT2D eigenvalue weighted by molar-refractivity contribution is 6.08. The number of carbonyl (C=O) groups is 1. The largest absolute Gasteiger partial charge is 0.508 e. The topological polar surface area (TPSA) is 127 Å². The minimum absolute atomic E-state index is 0.0623. The average Bonchev–Trinajstić information content (AvgIpc) is 2.75. The lowest BCUT2D eigenvalue weighted by Crippen LogP contribution is -2.11. The standard InChI is InChI=1S/C14H10O7/c15-5-1-2-6(7(16)3-5)13-12(20)10-11(19)8(17)4-9(18)14(10)21-13/h1-4,13,15-19H. The van der Waals surface area contributed by atoms with Crippen molar-refractivity contribution in [3.8, 4) is 34.5 Å². The van der Waals surface area contributed by atoms with Crippen LogP contribution in [0, 0.1) is 0 Å². The van der Waals surface area contributed by atoms with Crippen LogP contribution in [0.15, 0.2) is 24.3 Å². The van der Waals surface area contributed by atoms with Gasteiger partial charge in [0, 0.05) is 17.7 Å². The van der Waals surface area contributed by atoms with E-state index in [-0.39, 0.29) is 28.4 Å². The predicted octanol–water partition coefficient (Wildman–Crippen LogP) is 1.53. The van der Waals surface area contributed by atoms with Gasteiger partial charge in [0.1, 0.15) is 17.1 Å². The van der Waals surface area contributed by atoms with Crippen LogP contribution in [0.2, 0.25) is 0 Å². The van der Waals surface area contributed by atoms with Crippen LogP contribution in [-0.4, -0.2) is 31.3 Å². The van der Waals surface area contributed by atoms with E-state index in [2.05, 4.69) is 0 Å². The molecule has 108 valence electrons. The van der Waals surface area contributed by atoms with Gasteiger partial charge in [-0.3, -0.25) is 4.79 Å². The molecule has 0 fully saturated rings. The fourth-order valence-electron chi connectivity index (χ4n) is 2.24. The Morgan fingerprint density at radius 1 is 0.905 bits per heavy atom. The molecule has 0 aliphatic carbocycles. The van der Waals surface area contributed by atoms with E-state index in [1.807, 2.05) is 0 Å². The van der Waals surface area contributed by atoms with Crippen molar-refractivity contribution in [3.05, 3.63) is 35.4 Å². The number of phenols is 5. The molecule has 3 rings (SSSR count). The van der Waals surface area contributed by atoms with Gasteiger partial charge < -0.3 is 30.3 Å². The van der Waals surface area contributed by atoms with Gasteiger partial charge in [-0.1, -0.05) is 0 Å². The van der Waals surface area contributed by atoms with E-state index in [4.69, 9.17) is 4.74 Å². The van der Waals surface area contributed by atoms with Crippen molar-refractivity contribution in [3.63, 3.8) is 0 Å². The summed E-state index contributed by atoms with van der Waals surface area (Å²) < 4.78 is 5.28. The maximum atomic E-state index is 12.3. The van der Waals surface area contributed by atoms with Gasteiger partial charge in [-0.2, -0.15) is 0 Å². The number of fused-ring (bicyclic) bond motifs is 1. The summed E-state index contributed by atoms with van der Waals surface area (Å²) in [6, 6.07) is 4.42. The second kappa shape index (κ2) is 4.20. The predicted molar refractivity (Wildman–Crippen MR) is 68.9 cm³/mol. The Morgan fingerprint density at radius 3 is 2.29 bits per heavy atom. The van der Waals surface area contributed by atoms with Crippen LogP contribution in [0.25, 0.3) is 0 Å². The molecule has 7 nitrogen and oxygen atoms in total. The monoisotopic (exact) mass is 290 g/mol. The van der Waals surface area contributed by atoms with Crippen molar-refractivity contribution in [1.82, 2.24) is 0 Å². The molecule has 5 N–H and O–H groups in total. The molecule has 1 aliphatic rings. The van der Waals surface area contributed by atoms with Crippen LogP contribution in [0.3, 0.4) is 0 Å². The van der Waals surface area contributed by atoms with E-state index in [0.717, 1.165) is 12.1 Å². The number of rotatable bonds is 1. The zero-order valence-corrected chi connectivity index (χ0v) is 10.4. The van der Waals surface area contributed by atoms with E-state index in [1.54, 1.807) is 0 Å². The lowest BCUT2D eigenvalue weighted by Gasteiger charge is -2.11. The molecule has 1 aliphatic heterocycles. The van der Waals surface area contributed by atoms with Gasteiger partial charge in [0.05, 0.1) is 0 Å². The molecule has 0 saturated carbocycles. The molecule has 2 aromatic carbocycles. The normalized spacial score (nSPS) is 16.6. The average molecular weight is 290 g/mol. The van der Waals surface area contributed by atoms with Gasteiger partial charge in [-0.25, -0.2) is 0 Å². The Hall–Kier alpha value is -3.09. The van der Waals surface area contributed by atoms with Crippen LogP contribution in [-0.2, 0) is 0 Å². The number of carbonyl (C=O) groups excluding carboxylic acids is 1. The molecule has 1 atom stereocenters. The van der Waals surface area contributed by atoms with Gasteiger partial charge in [-0.15, -0.1) is 0 Å². The number of ether oxygens (including phenoxy) is 1. The van der Waals surface area contributed by atoms with Crippen molar-refractivity contribution in [2.75, 3.05) is 0 Å². The van der Waals surface area contributed by atoms with Crippen LogP contribution < -0.4 is 4.74 Å². The first-order valence-corrected chi connectivity index (χ1v) is 5.90. The molecule has 0 amide bonds. The Balaban J connectivity index is 2.13. The summed E-state index contributed by atoms with van der Waals surface area (Å²) in [5.41, 5.74) is -0.294. The number of benzene rings is 2. The molecule has 0 aromatic heterocycles. The molecular formula is C14H10O7. The van der Waals surface area contributed by atoms with Gasteiger partial charge in [0.15, 0.2) is 29.1 Å². The highest BCUT2D eigenvalue weighted by Gasteiger charge is 2.40. The van der Waals surface area contributed by atoms with Crippen molar-refractivity contribution in [2.45, 2.75) is 6.10 Å². The zero-order chi connectivity index (χ0) is 15.3. The van der Waals surface area contributed by atoms with Crippen LogP contribution in [0.5, 0.6) is 34.5 Å². The number of Topliss-reactive ketones (excluding diaryl/α,β-unsaturated/α-hetero) is 1. The third-order valence-electron chi connectivity index (χ3n) is 3.23. The third kappa shape index (κ3) is 1.78. The number of aromatic hydroxyl groups is 5. The maximum absolute atomic E-state index is 12.3. The molecule has 0 bridgehead atoms. The summed E-state index contributed by atoms with van der Waals surface area (Å²) in [5.74, 6) is -3.42. The van der Waals surface area contributed by atoms with E-state index in [0.29, 0.717) is 0 Å². The summed E-state index contributed by atoms with van der Waals surface area (Å²) in [7, 11) is 0. The van der Waals surface area contributed by atoms with E-state index in [1.165, 1.54) is 12.1 Å². The molecule has 1 unspecified atom stereocenters. The molecular weight excluding hydrogens is 280 g/mol. The number of phenolic OH excluding ortho intramolecular Hbond substituents is 5. The molecule has 2 aromatic rings. The second-order valence-electron chi connectivity index (χ2n) is 4.57. The zero-order valence-electron chi connectivity index (χ0n) is 10.4. The van der Waals surface area contributed by atoms with Gasteiger partial charge in [-0.05, 0) is 12.1 Å². The number of hydrogen-bond acceptors (Lipinski definition) is 7. The summed E-state index contributed by atoms with van der Waals surface area (Å²) in [4.78, 5) is 12.3. The van der Waals surface area contributed by atoms with Crippen molar-refractivity contribution < 1.29 is 35.1 Å². The van der Waals surface area contributed by atoms with Crippen molar-refractivity contribution in [2.24, 2.45) is 0 Å². The lowest BCUT2D eigenvalue weighted by atomic mass is 10.00. The quantitative estimate of drug-likeness (QED) is 0.398. The smallest absolute Gasteiger partial charge is 0.215 e. The molecule has 0 spiro atoms. The SMILES string of the molecule is O=C1c2c(O)c(O)cc(O)c2OC1c1ccc(O)cc1O. The first-order chi connectivity index (χ1) is 9.90. The number of hydrogen-bond donors (Lipinski definition) is 5. The minimum Gasteiger partial charge on any atom is -0.508 e. The summed E-state index contributed by atoms with van der Waals surface area (Å²) in [6.45, 7) is 0. The fraction of sp³-hybridized carbons (Fsp3) is 0.0714. The summed E-state index contributed by atoms with van der Waals surface area (Å²) >= 11 is 0. The van der Waals surface area contributed by atoms with Gasteiger partial charge in [0.2, 0.25) is 5.78 Å². The summed E-state index contributed by atoms with van der Waals surface area (Å²) in [6.07, 6.45) is -1.29. The molecule has 7 heteroatoms. The highest BCUT2D eigenvalue weighted by Crippen LogP contribution is 2.51. The van der Waals surface area contributed by atoms with E-state index >= 15 is 0 Å². The van der Waals surface area contributed by atoms with Gasteiger partial charge >= 0.3 is 0 Å². The molecule has 0 saturated heterocycles. The summed E-state index contributed by atoms with van der Waals surface area (Å²) in [5, 5.41) is 47.9. The number of ketones is 1. The second-order valence-corrected chi connectivity index (χ2v) is 4.57. The minimum atomic E-state index is -1.29.